The molecule has 1 saturated heterocycles. The molecule has 1 heterocycles. The number of halogens is 3. The lowest BCUT2D eigenvalue weighted by atomic mass is 10.1. The molecule has 8 heteroatoms. The van der Waals surface area contributed by atoms with Gasteiger partial charge in [-0.2, -0.15) is 0 Å². The predicted octanol–water partition coefficient (Wildman–Crippen LogP) is 6.18. The van der Waals surface area contributed by atoms with Crippen molar-refractivity contribution in [2.45, 2.75) is 13.5 Å². The Morgan fingerprint density at radius 2 is 1.89 bits per heavy atom. The van der Waals surface area contributed by atoms with E-state index in [0.717, 1.165) is 35.8 Å². The van der Waals surface area contributed by atoms with Crippen LogP contribution >= 0.6 is 68.5 Å². The van der Waals surface area contributed by atoms with Crippen molar-refractivity contribution in [1.29, 1.82) is 0 Å². The van der Waals surface area contributed by atoms with Crippen LogP contribution in [0.2, 0.25) is 5.02 Å². The average molecular weight is 626 g/mol. The van der Waals surface area contributed by atoms with Crippen LogP contribution in [0.15, 0.2) is 41.3 Å². The molecule has 0 atom stereocenters. The predicted molar refractivity (Wildman–Crippen MR) is 126 cm³/mol. The van der Waals surface area contributed by atoms with E-state index in [9.17, 15) is 9.59 Å². The number of benzene rings is 2. The van der Waals surface area contributed by atoms with Gasteiger partial charge in [0.2, 0.25) is 0 Å². The van der Waals surface area contributed by atoms with Gasteiger partial charge in [0.1, 0.15) is 5.75 Å². The van der Waals surface area contributed by atoms with Crippen LogP contribution in [0.4, 0.5) is 4.79 Å². The number of thioether (sulfide) groups is 1. The number of amides is 2. The SMILES string of the molecule is CCOc1c(I)cc(I)cc1/C=C1/SC(=O)N(Cc2ccc(Cl)cc2)C1=O. The first-order chi connectivity index (χ1) is 12.9. The molecule has 1 aliphatic heterocycles. The standard InChI is InChI=1S/C19H14ClI2NO3S/c1-2-26-17-12(7-14(21)9-15(17)22)8-16-18(24)23(19(25)27-16)10-11-3-5-13(20)6-4-11/h3-9H,2,10H2,1H3/b16-8+. The number of imide groups is 1. The molecule has 140 valence electrons. The Hall–Kier alpha value is -0.780. The molecule has 3 rings (SSSR count). The van der Waals surface area contributed by atoms with Crippen LogP contribution in [0.3, 0.4) is 0 Å². The summed E-state index contributed by atoms with van der Waals surface area (Å²) < 4.78 is 7.74. The van der Waals surface area contributed by atoms with Gasteiger partial charge in [-0.15, -0.1) is 0 Å². The molecule has 1 aliphatic rings. The Morgan fingerprint density at radius 1 is 1.19 bits per heavy atom. The molecule has 0 aromatic heterocycles. The van der Waals surface area contributed by atoms with Crippen LogP contribution in [-0.2, 0) is 11.3 Å². The smallest absolute Gasteiger partial charge is 0.293 e. The van der Waals surface area contributed by atoms with Gasteiger partial charge in [0.25, 0.3) is 11.1 Å². The van der Waals surface area contributed by atoms with Crippen molar-refractivity contribution in [1.82, 2.24) is 4.90 Å². The zero-order valence-electron chi connectivity index (χ0n) is 14.2. The quantitative estimate of drug-likeness (QED) is 0.294. The molecule has 2 aromatic carbocycles. The summed E-state index contributed by atoms with van der Waals surface area (Å²) in [5.74, 6) is 0.430. The first-order valence-corrected chi connectivity index (χ1v) is 11.4. The normalized spacial score (nSPS) is 15.7. The Morgan fingerprint density at radius 3 is 2.56 bits per heavy atom. The minimum absolute atomic E-state index is 0.224. The van der Waals surface area contributed by atoms with Crippen LogP contribution in [0.5, 0.6) is 5.75 Å². The largest absolute Gasteiger partial charge is 0.492 e. The molecule has 0 aliphatic carbocycles. The van der Waals surface area contributed by atoms with Crippen molar-refractivity contribution >= 4 is 85.8 Å². The summed E-state index contributed by atoms with van der Waals surface area (Å²) >= 11 is 11.3. The first-order valence-electron chi connectivity index (χ1n) is 8.00. The van der Waals surface area contributed by atoms with Crippen LogP contribution in [0.1, 0.15) is 18.1 Å². The molecule has 27 heavy (non-hydrogen) atoms. The van der Waals surface area contributed by atoms with Gasteiger partial charge in [0, 0.05) is 14.2 Å². The lowest BCUT2D eigenvalue weighted by molar-refractivity contribution is -0.123. The van der Waals surface area contributed by atoms with E-state index in [1.165, 1.54) is 4.90 Å². The van der Waals surface area contributed by atoms with Gasteiger partial charge in [-0.3, -0.25) is 14.5 Å². The summed E-state index contributed by atoms with van der Waals surface area (Å²) in [5, 5.41) is 0.337. The maximum atomic E-state index is 12.8. The molecule has 2 aromatic rings. The monoisotopic (exact) mass is 625 g/mol. The second kappa shape index (κ2) is 9.15. The van der Waals surface area contributed by atoms with Crippen molar-refractivity contribution in [3.8, 4) is 5.75 Å². The zero-order chi connectivity index (χ0) is 19.6. The molecule has 0 bridgehead atoms. The second-order valence-corrected chi connectivity index (χ2v) is 9.47. The van der Waals surface area contributed by atoms with Gasteiger partial charge < -0.3 is 4.74 Å². The van der Waals surface area contributed by atoms with E-state index in [0.29, 0.717) is 16.5 Å². The number of nitrogens with zero attached hydrogens (tertiary/aromatic N) is 1. The number of rotatable bonds is 5. The van der Waals surface area contributed by atoms with Crippen molar-refractivity contribution < 1.29 is 14.3 Å². The second-order valence-electron chi connectivity index (χ2n) is 5.63. The van der Waals surface area contributed by atoms with Crippen molar-refractivity contribution in [3.05, 3.63) is 64.6 Å². The van der Waals surface area contributed by atoms with Crippen LogP contribution in [0, 0.1) is 7.14 Å². The molecule has 0 N–H and O–H groups in total. The summed E-state index contributed by atoms with van der Waals surface area (Å²) in [7, 11) is 0. The summed E-state index contributed by atoms with van der Waals surface area (Å²) in [6.45, 7) is 2.66. The fourth-order valence-electron chi connectivity index (χ4n) is 2.53. The van der Waals surface area contributed by atoms with E-state index in [1.54, 1.807) is 18.2 Å². The summed E-state index contributed by atoms with van der Waals surface area (Å²) in [5.41, 5.74) is 1.65. The van der Waals surface area contributed by atoms with Gasteiger partial charge in [-0.1, -0.05) is 23.7 Å². The third-order valence-corrected chi connectivity index (χ3v) is 6.32. The van der Waals surface area contributed by atoms with E-state index in [1.807, 2.05) is 31.2 Å². The molecular weight excluding hydrogens is 612 g/mol. The van der Waals surface area contributed by atoms with E-state index < -0.39 is 0 Å². The minimum Gasteiger partial charge on any atom is -0.492 e. The Balaban J connectivity index is 1.89. The van der Waals surface area contributed by atoms with Gasteiger partial charge in [-0.25, -0.2) is 0 Å². The third-order valence-electron chi connectivity index (χ3n) is 3.74. The highest BCUT2D eigenvalue weighted by atomic mass is 127. The molecule has 0 saturated carbocycles. The van der Waals surface area contributed by atoms with Crippen LogP contribution in [0.25, 0.3) is 6.08 Å². The highest BCUT2D eigenvalue weighted by Crippen LogP contribution is 2.37. The fourth-order valence-corrected chi connectivity index (χ4v) is 5.53. The van der Waals surface area contributed by atoms with Crippen LogP contribution < -0.4 is 4.74 Å². The number of carbonyl (C=O) groups excluding carboxylic acids is 2. The third kappa shape index (κ3) is 4.99. The van der Waals surface area contributed by atoms with E-state index in [-0.39, 0.29) is 17.7 Å². The molecule has 0 radical (unpaired) electrons. The van der Waals surface area contributed by atoms with E-state index in [4.69, 9.17) is 16.3 Å². The molecule has 0 spiro atoms. The van der Waals surface area contributed by atoms with Gasteiger partial charge in [-0.05, 0) is 99.8 Å². The summed E-state index contributed by atoms with van der Waals surface area (Å²) in [6.07, 6.45) is 1.74. The Kier molecular flexibility index (Phi) is 7.09. The lowest BCUT2D eigenvalue weighted by Gasteiger charge is -2.13. The van der Waals surface area contributed by atoms with Crippen molar-refractivity contribution in [2.24, 2.45) is 0 Å². The van der Waals surface area contributed by atoms with Gasteiger partial charge >= 0.3 is 0 Å². The van der Waals surface area contributed by atoms with Gasteiger partial charge in [0.15, 0.2) is 0 Å². The fraction of sp³-hybridized carbons (Fsp3) is 0.158. The molecule has 2 amide bonds. The number of ether oxygens (including phenoxy) is 1. The zero-order valence-corrected chi connectivity index (χ0v) is 20.1. The molecular formula is C19H14ClI2NO3S. The summed E-state index contributed by atoms with van der Waals surface area (Å²) in [6, 6.07) is 11.1. The van der Waals surface area contributed by atoms with E-state index in [2.05, 4.69) is 45.2 Å². The number of hydrogen-bond acceptors (Lipinski definition) is 4. The number of carbonyl (C=O) groups is 2. The maximum Gasteiger partial charge on any atom is 0.293 e. The summed E-state index contributed by atoms with van der Waals surface area (Å²) in [4.78, 5) is 26.8. The average Bonchev–Trinajstić information content (AvgIpc) is 2.87. The molecule has 1 fully saturated rings. The first kappa shape index (κ1) is 20.9. The highest BCUT2D eigenvalue weighted by Gasteiger charge is 2.35. The molecule has 4 nitrogen and oxygen atoms in total. The molecule has 0 unspecified atom stereocenters. The topological polar surface area (TPSA) is 46.6 Å². The highest BCUT2D eigenvalue weighted by molar-refractivity contribution is 14.1. The maximum absolute atomic E-state index is 12.8. The van der Waals surface area contributed by atoms with E-state index >= 15 is 0 Å². The van der Waals surface area contributed by atoms with Gasteiger partial charge in [0.05, 0.1) is 21.6 Å². The van der Waals surface area contributed by atoms with Crippen LogP contribution in [-0.4, -0.2) is 22.7 Å². The Bertz CT molecular complexity index is 931. The van der Waals surface area contributed by atoms with Crippen molar-refractivity contribution in [3.63, 3.8) is 0 Å². The van der Waals surface area contributed by atoms with Crippen molar-refractivity contribution in [2.75, 3.05) is 6.61 Å². The lowest BCUT2D eigenvalue weighted by Crippen LogP contribution is -2.27. The minimum atomic E-state index is -0.295. The Labute approximate surface area is 193 Å². The number of hydrogen-bond donors (Lipinski definition) is 0.